The van der Waals surface area contributed by atoms with E-state index in [9.17, 15) is 0 Å². The van der Waals surface area contributed by atoms with Gasteiger partial charge >= 0.3 is 0 Å². The quantitative estimate of drug-likeness (QED) is 0.876. The molecule has 0 aliphatic rings. The summed E-state index contributed by atoms with van der Waals surface area (Å²) in [5, 5.41) is 0. The number of nitrogens with zero attached hydrogens (tertiary/aromatic N) is 4. The number of methoxy groups -OCH3 is 1. The van der Waals surface area contributed by atoms with Crippen molar-refractivity contribution in [1.82, 2.24) is 19.9 Å². The summed E-state index contributed by atoms with van der Waals surface area (Å²) in [6.07, 6.45) is 3.16. The van der Waals surface area contributed by atoms with E-state index in [1.54, 1.807) is 19.4 Å². The van der Waals surface area contributed by atoms with Crippen molar-refractivity contribution in [3.8, 4) is 17.4 Å². The van der Waals surface area contributed by atoms with Crippen molar-refractivity contribution in [2.45, 2.75) is 19.9 Å². The van der Waals surface area contributed by atoms with Crippen molar-refractivity contribution in [3.05, 3.63) is 29.8 Å². The largest absolute Gasteiger partial charge is 0.481 e. The Morgan fingerprint density at radius 1 is 1.28 bits per heavy atom. The smallest absolute Gasteiger partial charge is 0.216 e. The van der Waals surface area contributed by atoms with E-state index in [4.69, 9.17) is 10.5 Å². The van der Waals surface area contributed by atoms with Crippen LogP contribution in [0.4, 0.5) is 0 Å². The second kappa shape index (κ2) is 5.05. The van der Waals surface area contributed by atoms with Gasteiger partial charge in [0.05, 0.1) is 7.11 Å². The lowest BCUT2D eigenvalue weighted by Crippen LogP contribution is -2.09. The van der Waals surface area contributed by atoms with Crippen molar-refractivity contribution >= 4 is 0 Å². The molecule has 0 radical (unpaired) electrons. The van der Waals surface area contributed by atoms with Crippen LogP contribution in [-0.4, -0.2) is 27.0 Å². The average molecular weight is 245 g/mol. The van der Waals surface area contributed by atoms with E-state index in [1.165, 1.54) is 6.33 Å². The zero-order chi connectivity index (χ0) is 13.1. The van der Waals surface area contributed by atoms with Crippen LogP contribution in [0.15, 0.2) is 18.6 Å². The molecule has 6 nitrogen and oxygen atoms in total. The Balaban J connectivity index is 2.42. The van der Waals surface area contributed by atoms with Crippen LogP contribution in [0.5, 0.6) is 5.88 Å². The highest BCUT2D eigenvalue weighted by Crippen LogP contribution is 2.19. The van der Waals surface area contributed by atoms with Gasteiger partial charge in [0.15, 0.2) is 5.82 Å². The van der Waals surface area contributed by atoms with Crippen LogP contribution in [0, 0.1) is 6.92 Å². The molecule has 0 bridgehead atoms. The topological polar surface area (TPSA) is 86.8 Å². The predicted octanol–water partition coefficient (Wildman–Crippen LogP) is 1.27. The lowest BCUT2D eigenvalue weighted by Gasteiger charge is -2.09. The van der Waals surface area contributed by atoms with Crippen molar-refractivity contribution < 1.29 is 4.74 Å². The summed E-state index contributed by atoms with van der Waals surface area (Å²) in [5.41, 5.74) is 8.23. The molecule has 2 heterocycles. The van der Waals surface area contributed by atoms with Crippen LogP contribution in [0.2, 0.25) is 0 Å². The van der Waals surface area contributed by atoms with E-state index in [0.29, 0.717) is 17.4 Å². The number of ether oxygens (including phenoxy) is 1. The maximum absolute atomic E-state index is 5.82. The number of rotatable bonds is 3. The molecule has 6 heteroatoms. The molecule has 94 valence electrons. The molecule has 0 aromatic carbocycles. The molecule has 2 aromatic rings. The minimum Gasteiger partial charge on any atom is -0.481 e. The summed E-state index contributed by atoms with van der Waals surface area (Å²) in [7, 11) is 1.55. The Labute approximate surface area is 105 Å². The summed E-state index contributed by atoms with van der Waals surface area (Å²) >= 11 is 0. The summed E-state index contributed by atoms with van der Waals surface area (Å²) < 4.78 is 5.04. The van der Waals surface area contributed by atoms with Gasteiger partial charge in [-0.15, -0.1) is 0 Å². The van der Waals surface area contributed by atoms with E-state index in [0.717, 1.165) is 11.3 Å². The first-order valence-electron chi connectivity index (χ1n) is 5.57. The summed E-state index contributed by atoms with van der Waals surface area (Å²) in [5.74, 6) is 1.02. The molecule has 0 fully saturated rings. The van der Waals surface area contributed by atoms with Gasteiger partial charge in [-0.05, 0) is 13.8 Å². The molecule has 1 atom stereocenters. The molecule has 0 spiro atoms. The van der Waals surface area contributed by atoms with Gasteiger partial charge in [0.1, 0.15) is 12.0 Å². The molecule has 0 saturated heterocycles. The molecule has 0 amide bonds. The van der Waals surface area contributed by atoms with Crippen molar-refractivity contribution in [2.75, 3.05) is 7.11 Å². The summed E-state index contributed by atoms with van der Waals surface area (Å²) in [6, 6.07) is 1.61. The Kier molecular flexibility index (Phi) is 3.47. The Morgan fingerprint density at radius 3 is 2.67 bits per heavy atom. The zero-order valence-corrected chi connectivity index (χ0v) is 10.6. The molecular weight excluding hydrogens is 230 g/mol. The Hall–Kier alpha value is -2.08. The van der Waals surface area contributed by atoms with Gasteiger partial charge in [-0.25, -0.2) is 19.9 Å². The number of aryl methyl sites for hydroxylation is 1. The van der Waals surface area contributed by atoms with Gasteiger partial charge in [-0.3, -0.25) is 0 Å². The third-order valence-electron chi connectivity index (χ3n) is 2.59. The van der Waals surface area contributed by atoms with Crippen LogP contribution < -0.4 is 10.5 Å². The van der Waals surface area contributed by atoms with E-state index in [2.05, 4.69) is 19.9 Å². The first-order valence-corrected chi connectivity index (χ1v) is 5.57. The van der Waals surface area contributed by atoms with E-state index in [1.807, 2.05) is 13.8 Å². The lowest BCUT2D eigenvalue weighted by atomic mass is 10.1. The van der Waals surface area contributed by atoms with Crippen LogP contribution in [0.1, 0.15) is 24.2 Å². The van der Waals surface area contributed by atoms with Gasteiger partial charge in [0, 0.05) is 29.6 Å². The van der Waals surface area contributed by atoms with Crippen LogP contribution in [-0.2, 0) is 0 Å². The maximum Gasteiger partial charge on any atom is 0.216 e. The lowest BCUT2D eigenvalue weighted by molar-refractivity contribution is 0.397. The molecule has 2 aromatic heterocycles. The number of hydrogen-bond donors (Lipinski definition) is 1. The average Bonchev–Trinajstić information content (AvgIpc) is 2.38. The normalized spacial score (nSPS) is 12.2. The standard InChI is InChI=1S/C12H15N5O/c1-7(13)9-5-14-12(17-8(9)2)10-4-11(18-3)16-6-15-10/h4-7H,13H2,1-3H3/t7-/m0/s1. The zero-order valence-electron chi connectivity index (χ0n) is 10.6. The molecule has 2 rings (SSSR count). The van der Waals surface area contributed by atoms with Crippen molar-refractivity contribution in [2.24, 2.45) is 5.73 Å². The molecule has 0 unspecified atom stereocenters. The van der Waals surface area contributed by atoms with Gasteiger partial charge in [-0.2, -0.15) is 0 Å². The highest BCUT2D eigenvalue weighted by molar-refractivity contribution is 5.50. The summed E-state index contributed by atoms with van der Waals surface area (Å²) in [6.45, 7) is 3.81. The van der Waals surface area contributed by atoms with Crippen molar-refractivity contribution in [3.63, 3.8) is 0 Å². The fourth-order valence-electron chi connectivity index (χ4n) is 1.62. The fourth-order valence-corrected chi connectivity index (χ4v) is 1.62. The van der Waals surface area contributed by atoms with Gasteiger partial charge in [0.2, 0.25) is 5.88 Å². The second-order valence-electron chi connectivity index (χ2n) is 3.97. The number of nitrogens with two attached hydrogens (primary N) is 1. The molecular formula is C12H15N5O. The monoisotopic (exact) mass is 245 g/mol. The first kappa shape index (κ1) is 12.4. The molecule has 2 N–H and O–H groups in total. The predicted molar refractivity (Wildman–Crippen MR) is 66.9 cm³/mol. The van der Waals surface area contributed by atoms with Crippen LogP contribution in [0.25, 0.3) is 11.5 Å². The van der Waals surface area contributed by atoms with Crippen LogP contribution in [0.3, 0.4) is 0 Å². The second-order valence-corrected chi connectivity index (χ2v) is 3.97. The van der Waals surface area contributed by atoms with Gasteiger partial charge in [0.25, 0.3) is 0 Å². The molecule has 0 aliphatic carbocycles. The third kappa shape index (κ3) is 2.43. The van der Waals surface area contributed by atoms with Crippen molar-refractivity contribution in [1.29, 1.82) is 0 Å². The molecule has 0 saturated carbocycles. The van der Waals surface area contributed by atoms with E-state index in [-0.39, 0.29) is 6.04 Å². The highest BCUT2D eigenvalue weighted by Gasteiger charge is 2.10. The minimum atomic E-state index is -0.0843. The van der Waals surface area contributed by atoms with Gasteiger partial charge in [-0.1, -0.05) is 0 Å². The number of aromatic nitrogens is 4. The maximum atomic E-state index is 5.82. The Bertz CT molecular complexity index is 556. The SMILES string of the molecule is COc1cc(-c2ncc([C@H](C)N)c(C)n2)ncn1. The Morgan fingerprint density at radius 2 is 2.06 bits per heavy atom. The third-order valence-corrected chi connectivity index (χ3v) is 2.59. The van der Waals surface area contributed by atoms with E-state index >= 15 is 0 Å². The van der Waals surface area contributed by atoms with E-state index < -0.39 is 0 Å². The number of hydrogen-bond acceptors (Lipinski definition) is 6. The summed E-state index contributed by atoms with van der Waals surface area (Å²) in [4.78, 5) is 16.7. The molecule has 18 heavy (non-hydrogen) atoms. The van der Waals surface area contributed by atoms with Gasteiger partial charge < -0.3 is 10.5 Å². The minimum absolute atomic E-state index is 0.0843. The highest BCUT2D eigenvalue weighted by atomic mass is 16.5. The fraction of sp³-hybridized carbons (Fsp3) is 0.333. The molecule has 0 aliphatic heterocycles. The van der Waals surface area contributed by atoms with Crippen LogP contribution >= 0.6 is 0 Å². The first-order chi connectivity index (χ1) is 8.61.